The molecule has 2 rings (SSSR count). The lowest BCUT2D eigenvalue weighted by molar-refractivity contribution is -0.137. The largest absolute Gasteiger partial charge is 0.497 e. The molecule has 3 N–H and O–H groups in total. The quantitative estimate of drug-likeness (QED) is 0.892. The third-order valence-corrected chi connectivity index (χ3v) is 3.28. The van der Waals surface area contributed by atoms with Crippen LogP contribution in [0.1, 0.15) is 12.0 Å². The summed E-state index contributed by atoms with van der Waals surface area (Å²) >= 11 is 0. The Morgan fingerprint density at radius 1 is 1.48 bits per heavy atom. The Labute approximate surface area is 119 Å². The van der Waals surface area contributed by atoms with Gasteiger partial charge >= 0.3 is 6.18 Å². The summed E-state index contributed by atoms with van der Waals surface area (Å²) in [5.41, 5.74) is 3.18. The van der Waals surface area contributed by atoms with E-state index in [1.54, 1.807) is 0 Å². The fourth-order valence-electron chi connectivity index (χ4n) is 2.00. The highest BCUT2D eigenvalue weighted by Gasteiger charge is 2.40. The van der Waals surface area contributed by atoms with Crippen molar-refractivity contribution in [3.05, 3.63) is 23.8 Å². The molecule has 0 saturated carbocycles. The maximum absolute atomic E-state index is 13.0. The van der Waals surface area contributed by atoms with Crippen LogP contribution in [-0.4, -0.2) is 31.8 Å². The smallest absolute Gasteiger partial charge is 0.418 e. The average molecular weight is 304 g/mol. The van der Waals surface area contributed by atoms with Gasteiger partial charge in [0.2, 0.25) is 5.91 Å². The number of alkyl halides is 3. The number of halogens is 3. The van der Waals surface area contributed by atoms with E-state index in [0.29, 0.717) is 6.61 Å². The molecule has 1 aliphatic rings. The highest BCUT2D eigenvalue weighted by Crippen LogP contribution is 2.37. The van der Waals surface area contributed by atoms with Crippen LogP contribution in [0, 0.1) is 0 Å². The van der Waals surface area contributed by atoms with Gasteiger partial charge in [0, 0.05) is 6.61 Å². The molecule has 21 heavy (non-hydrogen) atoms. The van der Waals surface area contributed by atoms with Gasteiger partial charge in [-0.05, 0) is 24.6 Å². The zero-order valence-corrected chi connectivity index (χ0v) is 11.3. The van der Waals surface area contributed by atoms with Crippen LogP contribution in [0.3, 0.4) is 0 Å². The first-order chi connectivity index (χ1) is 9.76. The minimum Gasteiger partial charge on any atom is -0.497 e. The van der Waals surface area contributed by atoms with Crippen molar-refractivity contribution >= 4 is 11.6 Å². The second kappa shape index (κ2) is 5.53. The fraction of sp³-hybridized carbons (Fsp3) is 0.462. The van der Waals surface area contributed by atoms with Crippen LogP contribution >= 0.6 is 0 Å². The minimum atomic E-state index is -4.62. The number of ether oxygens (including phenoxy) is 2. The summed E-state index contributed by atoms with van der Waals surface area (Å²) in [4.78, 5) is 12.1. The SMILES string of the molecule is COc1ccc(NC(=O)C2(N)CCOC2)c(C(F)(F)F)c1. The summed E-state index contributed by atoms with van der Waals surface area (Å²) in [6, 6.07) is 3.29. The standard InChI is InChI=1S/C13H15F3N2O3/c1-20-8-2-3-10(9(6-8)13(14,15)16)18-11(19)12(17)4-5-21-7-12/h2-3,6H,4-5,7,17H2,1H3,(H,18,19). The van der Waals surface area contributed by atoms with E-state index in [4.69, 9.17) is 15.2 Å². The van der Waals surface area contributed by atoms with Gasteiger partial charge < -0.3 is 20.5 Å². The van der Waals surface area contributed by atoms with Crippen molar-refractivity contribution in [1.29, 1.82) is 0 Å². The highest BCUT2D eigenvalue weighted by atomic mass is 19.4. The molecule has 1 heterocycles. The average Bonchev–Trinajstić information content (AvgIpc) is 2.86. The fourth-order valence-corrected chi connectivity index (χ4v) is 2.00. The summed E-state index contributed by atoms with van der Waals surface area (Å²) in [6.07, 6.45) is -4.36. The normalized spacial score (nSPS) is 22.1. The van der Waals surface area contributed by atoms with Crippen molar-refractivity contribution in [3.63, 3.8) is 0 Å². The summed E-state index contributed by atoms with van der Waals surface area (Å²) in [5.74, 6) is -0.650. The summed E-state index contributed by atoms with van der Waals surface area (Å²) in [7, 11) is 1.26. The van der Waals surface area contributed by atoms with Crippen molar-refractivity contribution in [1.82, 2.24) is 0 Å². The Bertz CT molecular complexity index is 540. The number of nitrogens with one attached hydrogen (secondary N) is 1. The summed E-state index contributed by atoms with van der Waals surface area (Å²) in [5, 5.41) is 2.23. The molecule has 1 saturated heterocycles. The molecule has 1 aromatic carbocycles. The number of benzene rings is 1. The summed E-state index contributed by atoms with van der Waals surface area (Å²) < 4.78 is 48.9. The predicted molar refractivity (Wildman–Crippen MR) is 69.0 cm³/mol. The van der Waals surface area contributed by atoms with Gasteiger partial charge in [-0.3, -0.25) is 4.79 Å². The predicted octanol–water partition coefficient (Wildman–Crippen LogP) is 1.77. The molecule has 1 aromatic rings. The number of hydrogen-bond acceptors (Lipinski definition) is 4. The van der Waals surface area contributed by atoms with Crippen LogP contribution in [0.5, 0.6) is 5.75 Å². The number of amides is 1. The Kier molecular flexibility index (Phi) is 4.11. The minimum absolute atomic E-state index is 0.0175. The molecule has 0 aliphatic carbocycles. The van der Waals surface area contributed by atoms with E-state index in [2.05, 4.69) is 5.32 Å². The molecule has 8 heteroatoms. The number of hydrogen-bond donors (Lipinski definition) is 2. The summed E-state index contributed by atoms with van der Waals surface area (Å²) in [6.45, 7) is 0.287. The van der Waals surface area contributed by atoms with Crippen LogP contribution in [-0.2, 0) is 15.7 Å². The highest BCUT2D eigenvalue weighted by molar-refractivity contribution is 5.99. The number of anilines is 1. The van der Waals surface area contributed by atoms with Gasteiger partial charge in [0.1, 0.15) is 11.3 Å². The molecule has 1 aliphatic heterocycles. The number of nitrogens with two attached hydrogens (primary N) is 1. The molecule has 116 valence electrons. The molecule has 0 radical (unpaired) electrons. The first-order valence-corrected chi connectivity index (χ1v) is 6.19. The van der Waals surface area contributed by atoms with Crippen LogP contribution in [0.2, 0.25) is 0 Å². The maximum atomic E-state index is 13.0. The zero-order chi connectivity index (χ0) is 15.7. The van der Waals surface area contributed by atoms with Crippen LogP contribution < -0.4 is 15.8 Å². The van der Waals surface area contributed by atoms with E-state index in [-0.39, 0.29) is 24.5 Å². The topological polar surface area (TPSA) is 73.6 Å². The lowest BCUT2D eigenvalue weighted by Gasteiger charge is -2.22. The molecule has 1 amide bonds. The number of carbonyl (C=O) groups excluding carboxylic acids is 1. The van der Waals surface area contributed by atoms with Crippen molar-refractivity contribution in [2.45, 2.75) is 18.1 Å². The third-order valence-electron chi connectivity index (χ3n) is 3.28. The Morgan fingerprint density at radius 2 is 2.19 bits per heavy atom. The monoisotopic (exact) mass is 304 g/mol. The van der Waals surface area contributed by atoms with E-state index in [9.17, 15) is 18.0 Å². The molecule has 1 fully saturated rings. The van der Waals surface area contributed by atoms with E-state index in [0.717, 1.165) is 12.1 Å². The van der Waals surface area contributed by atoms with Gasteiger partial charge in [-0.1, -0.05) is 0 Å². The molecule has 1 atom stereocenters. The van der Waals surface area contributed by atoms with Crippen molar-refractivity contribution in [2.24, 2.45) is 5.73 Å². The van der Waals surface area contributed by atoms with Crippen LogP contribution in [0.4, 0.5) is 18.9 Å². The second-order valence-electron chi connectivity index (χ2n) is 4.82. The van der Waals surface area contributed by atoms with Gasteiger partial charge in [-0.2, -0.15) is 13.2 Å². The molecular formula is C13H15F3N2O3. The Balaban J connectivity index is 2.29. The van der Waals surface area contributed by atoms with Crippen molar-refractivity contribution < 1.29 is 27.4 Å². The third kappa shape index (κ3) is 3.27. The molecule has 0 bridgehead atoms. The second-order valence-corrected chi connectivity index (χ2v) is 4.82. The molecule has 1 unspecified atom stereocenters. The Morgan fingerprint density at radius 3 is 2.71 bits per heavy atom. The molecular weight excluding hydrogens is 289 g/mol. The zero-order valence-electron chi connectivity index (χ0n) is 11.3. The lowest BCUT2D eigenvalue weighted by Crippen LogP contribution is -2.51. The van der Waals surface area contributed by atoms with Gasteiger partial charge in [0.15, 0.2) is 0 Å². The first kappa shape index (κ1) is 15.6. The van der Waals surface area contributed by atoms with Crippen LogP contribution in [0.15, 0.2) is 18.2 Å². The number of carbonyl (C=O) groups is 1. The number of rotatable bonds is 3. The van der Waals surface area contributed by atoms with Crippen molar-refractivity contribution in [2.75, 3.05) is 25.6 Å². The first-order valence-electron chi connectivity index (χ1n) is 6.19. The lowest BCUT2D eigenvalue weighted by atomic mass is 9.99. The van der Waals surface area contributed by atoms with Gasteiger partial charge in [0.05, 0.1) is 25.0 Å². The van der Waals surface area contributed by atoms with E-state index in [1.165, 1.54) is 13.2 Å². The van der Waals surface area contributed by atoms with E-state index >= 15 is 0 Å². The van der Waals surface area contributed by atoms with Crippen LogP contribution in [0.25, 0.3) is 0 Å². The maximum Gasteiger partial charge on any atom is 0.418 e. The van der Waals surface area contributed by atoms with E-state index in [1.807, 2.05) is 0 Å². The Hall–Kier alpha value is -1.80. The van der Waals surface area contributed by atoms with Crippen molar-refractivity contribution in [3.8, 4) is 5.75 Å². The van der Waals surface area contributed by atoms with Gasteiger partial charge in [-0.15, -0.1) is 0 Å². The number of methoxy groups -OCH3 is 1. The van der Waals surface area contributed by atoms with Gasteiger partial charge in [-0.25, -0.2) is 0 Å². The molecule has 0 spiro atoms. The molecule has 0 aromatic heterocycles. The van der Waals surface area contributed by atoms with Gasteiger partial charge in [0.25, 0.3) is 0 Å². The molecule has 5 nitrogen and oxygen atoms in total. The van der Waals surface area contributed by atoms with E-state index < -0.39 is 23.2 Å².